The second-order valence-electron chi connectivity index (χ2n) is 11.6. The van der Waals surface area contributed by atoms with Crippen molar-refractivity contribution in [2.24, 2.45) is 0 Å². The Labute approximate surface area is 242 Å². The van der Waals surface area contributed by atoms with Crippen molar-refractivity contribution in [3.05, 3.63) is 72.1 Å². The van der Waals surface area contributed by atoms with E-state index in [2.05, 4.69) is 80.9 Å². The fraction of sp³-hybridized carbons (Fsp3) is 0.438. The fourth-order valence-corrected chi connectivity index (χ4v) is 5.93. The van der Waals surface area contributed by atoms with Crippen molar-refractivity contribution in [3.63, 3.8) is 0 Å². The number of amides is 1. The smallest absolute Gasteiger partial charge is 0.253 e. The highest BCUT2D eigenvalue weighted by Crippen LogP contribution is 2.31. The molecule has 0 atom stereocenters. The van der Waals surface area contributed by atoms with Gasteiger partial charge in [-0.25, -0.2) is 15.0 Å². The summed E-state index contributed by atoms with van der Waals surface area (Å²) in [5.41, 5.74) is 4.66. The lowest BCUT2D eigenvalue weighted by Crippen LogP contribution is -2.47. The average molecular weight is 553 g/mol. The summed E-state index contributed by atoms with van der Waals surface area (Å²) in [6.07, 6.45) is 3.75. The number of anilines is 1. The largest absolute Gasteiger partial charge is 0.365 e. The van der Waals surface area contributed by atoms with Gasteiger partial charge < -0.3 is 19.7 Å². The Kier molecular flexibility index (Phi) is 7.98. The van der Waals surface area contributed by atoms with Crippen molar-refractivity contribution in [2.75, 3.05) is 51.6 Å². The van der Waals surface area contributed by atoms with E-state index in [0.29, 0.717) is 11.6 Å². The number of hydrogen-bond donors (Lipinski definition) is 1. The first kappa shape index (κ1) is 27.4. The Morgan fingerprint density at radius 3 is 2.32 bits per heavy atom. The van der Waals surface area contributed by atoms with Crippen molar-refractivity contribution >= 4 is 22.9 Å². The maximum atomic E-state index is 13.1. The number of fused-ring (bicyclic) bond motifs is 1. The molecular weight excluding hydrogens is 512 g/mol. The molecule has 4 heterocycles. The molecule has 41 heavy (non-hydrogen) atoms. The number of carbonyl (C=O) groups is 1. The summed E-state index contributed by atoms with van der Waals surface area (Å²) in [5.74, 6) is 1.73. The zero-order valence-corrected chi connectivity index (χ0v) is 24.3. The van der Waals surface area contributed by atoms with Crippen molar-refractivity contribution in [1.82, 2.24) is 34.2 Å². The summed E-state index contributed by atoms with van der Waals surface area (Å²) in [7, 11) is 2.10. The minimum atomic E-state index is 0.0918. The van der Waals surface area contributed by atoms with Crippen molar-refractivity contribution < 1.29 is 4.79 Å². The summed E-state index contributed by atoms with van der Waals surface area (Å²) in [5, 5.41) is 3.70. The first-order valence-corrected chi connectivity index (χ1v) is 14.8. The Balaban J connectivity index is 1.19. The van der Waals surface area contributed by atoms with Crippen LogP contribution in [0.5, 0.6) is 0 Å². The Morgan fingerprint density at radius 2 is 1.63 bits per heavy atom. The zero-order chi connectivity index (χ0) is 28.3. The van der Waals surface area contributed by atoms with E-state index in [1.54, 1.807) is 6.33 Å². The highest BCUT2D eigenvalue weighted by Gasteiger charge is 2.24. The van der Waals surface area contributed by atoms with Gasteiger partial charge in [0.15, 0.2) is 17.0 Å². The average Bonchev–Trinajstić information content (AvgIpc) is 3.40. The van der Waals surface area contributed by atoms with E-state index in [1.807, 2.05) is 29.2 Å². The summed E-state index contributed by atoms with van der Waals surface area (Å²) < 4.78 is 2.17. The second kappa shape index (κ2) is 12.0. The van der Waals surface area contributed by atoms with Gasteiger partial charge in [0.05, 0.1) is 0 Å². The van der Waals surface area contributed by atoms with Crippen LogP contribution in [0.3, 0.4) is 0 Å². The number of piperidine rings is 1. The van der Waals surface area contributed by atoms with E-state index < -0.39 is 0 Å². The third kappa shape index (κ3) is 5.96. The third-order valence-corrected chi connectivity index (χ3v) is 8.35. The molecule has 9 heteroatoms. The van der Waals surface area contributed by atoms with Crippen LogP contribution in [0.2, 0.25) is 0 Å². The molecule has 0 aliphatic carbocycles. The molecule has 0 spiro atoms. The van der Waals surface area contributed by atoms with Crippen LogP contribution in [0.4, 0.5) is 5.82 Å². The van der Waals surface area contributed by atoms with Gasteiger partial charge in [0.2, 0.25) is 0 Å². The van der Waals surface area contributed by atoms with Crippen molar-refractivity contribution in [1.29, 1.82) is 0 Å². The number of likely N-dealkylation sites (tertiary alicyclic amines) is 1. The number of imidazole rings is 1. The topological polar surface area (TPSA) is 82.4 Å². The number of nitrogens with zero attached hydrogens (tertiary/aromatic N) is 7. The molecule has 0 saturated carbocycles. The number of carbonyl (C=O) groups excluding carboxylic acids is 1. The summed E-state index contributed by atoms with van der Waals surface area (Å²) >= 11 is 0. The predicted octanol–water partition coefficient (Wildman–Crippen LogP) is 4.54. The van der Waals surface area contributed by atoms with E-state index >= 15 is 0 Å². The van der Waals surface area contributed by atoms with E-state index in [4.69, 9.17) is 4.98 Å². The first-order valence-electron chi connectivity index (χ1n) is 14.8. The summed E-state index contributed by atoms with van der Waals surface area (Å²) in [6, 6.07) is 19.0. The standard InChI is InChI=1S/C32H40N8O/c1-23(2)40-30(25-9-11-26(12-10-25)32(41)39-19-17-37(3)18-20-39)36-28-29(33-22-34-31(28)40)35-27-13-15-38(16-14-27)21-24-7-5-4-6-8-24/h4-12,22-23,27H,13-21H2,1-3H3,(H,33,34,35). The maximum Gasteiger partial charge on any atom is 0.253 e. The van der Waals surface area contributed by atoms with Gasteiger partial charge in [0, 0.05) is 69.0 Å². The number of likely N-dealkylation sites (N-methyl/N-ethyl adjacent to an activating group) is 1. The van der Waals surface area contributed by atoms with Crippen LogP contribution in [0.15, 0.2) is 60.9 Å². The van der Waals surface area contributed by atoms with E-state index in [1.165, 1.54) is 5.56 Å². The molecule has 0 radical (unpaired) electrons. The lowest BCUT2D eigenvalue weighted by Gasteiger charge is -2.32. The highest BCUT2D eigenvalue weighted by molar-refractivity contribution is 5.95. The molecule has 214 valence electrons. The fourth-order valence-electron chi connectivity index (χ4n) is 5.93. The maximum absolute atomic E-state index is 13.1. The number of nitrogens with one attached hydrogen (secondary N) is 1. The number of benzene rings is 2. The van der Waals surface area contributed by atoms with E-state index in [-0.39, 0.29) is 11.9 Å². The molecule has 6 rings (SSSR count). The van der Waals surface area contributed by atoms with Crippen LogP contribution >= 0.6 is 0 Å². The molecule has 2 aliphatic rings. The van der Waals surface area contributed by atoms with Gasteiger partial charge in [-0.3, -0.25) is 9.69 Å². The monoisotopic (exact) mass is 552 g/mol. The molecule has 0 unspecified atom stereocenters. The lowest BCUT2D eigenvalue weighted by molar-refractivity contribution is 0.0664. The molecule has 0 bridgehead atoms. The molecule has 2 saturated heterocycles. The van der Waals surface area contributed by atoms with Gasteiger partial charge in [-0.1, -0.05) is 42.5 Å². The van der Waals surface area contributed by atoms with Crippen LogP contribution in [0.1, 0.15) is 48.7 Å². The minimum absolute atomic E-state index is 0.0918. The summed E-state index contributed by atoms with van der Waals surface area (Å²) in [4.78, 5) is 34.1. The van der Waals surface area contributed by atoms with E-state index in [9.17, 15) is 4.79 Å². The first-order chi connectivity index (χ1) is 20.0. The molecule has 2 fully saturated rings. The lowest BCUT2D eigenvalue weighted by atomic mass is 10.0. The van der Waals surface area contributed by atoms with Crippen LogP contribution < -0.4 is 5.32 Å². The molecule has 2 aliphatic heterocycles. The number of piperazine rings is 1. The molecule has 1 N–H and O–H groups in total. The highest BCUT2D eigenvalue weighted by atomic mass is 16.2. The van der Waals surface area contributed by atoms with Crippen molar-refractivity contribution in [3.8, 4) is 11.4 Å². The molecule has 4 aromatic rings. The molecular formula is C32H40N8O. The summed E-state index contributed by atoms with van der Waals surface area (Å²) in [6.45, 7) is 10.7. The Bertz CT molecular complexity index is 1470. The van der Waals surface area contributed by atoms with Gasteiger partial charge in [0.25, 0.3) is 5.91 Å². The van der Waals surface area contributed by atoms with E-state index in [0.717, 1.165) is 87.0 Å². The number of aromatic nitrogens is 4. The van der Waals surface area contributed by atoms with Crippen LogP contribution in [-0.4, -0.2) is 92.5 Å². The van der Waals surface area contributed by atoms with Crippen molar-refractivity contribution in [2.45, 2.75) is 45.3 Å². The van der Waals surface area contributed by atoms with Crippen LogP contribution in [0.25, 0.3) is 22.6 Å². The van der Waals surface area contributed by atoms with Gasteiger partial charge in [-0.15, -0.1) is 0 Å². The van der Waals surface area contributed by atoms with Crippen LogP contribution in [-0.2, 0) is 6.54 Å². The van der Waals surface area contributed by atoms with Gasteiger partial charge in [0.1, 0.15) is 12.2 Å². The van der Waals surface area contributed by atoms with Gasteiger partial charge in [-0.2, -0.15) is 0 Å². The van der Waals surface area contributed by atoms with Crippen LogP contribution in [0, 0.1) is 0 Å². The SMILES string of the molecule is CC(C)n1c(-c2ccc(C(=O)N3CCN(C)CC3)cc2)nc2c(NC3CCN(Cc4ccccc4)CC3)ncnc21. The third-order valence-electron chi connectivity index (χ3n) is 8.35. The zero-order valence-electron chi connectivity index (χ0n) is 24.3. The molecule has 2 aromatic heterocycles. The molecule has 2 aromatic carbocycles. The Morgan fingerprint density at radius 1 is 0.927 bits per heavy atom. The normalized spacial score (nSPS) is 17.4. The van der Waals surface area contributed by atoms with Gasteiger partial charge in [-0.05, 0) is 51.4 Å². The molecule has 9 nitrogen and oxygen atoms in total. The number of hydrogen-bond acceptors (Lipinski definition) is 7. The van der Waals surface area contributed by atoms with Gasteiger partial charge >= 0.3 is 0 Å². The quantitative estimate of drug-likeness (QED) is 0.361. The number of rotatable bonds is 7. The second-order valence-corrected chi connectivity index (χ2v) is 11.6. The minimum Gasteiger partial charge on any atom is -0.365 e. The Hall–Kier alpha value is -3.82. The predicted molar refractivity (Wildman–Crippen MR) is 163 cm³/mol. The molecule has 1 amide bonds.